The molecule has 0 aliphatic heterocycles. The number of carbonyl (C=O) groups excluding carboxylic acids is 4. The molecule has 0 aromatic carbocycles. The van der Waals surface area contributed by atoms with Crippen LogP contribution in [-0.4, -0.2) is 386 Å². The van der Waals surface area contributed by atoms with Crippen LogP contribution < -0.4 is 10.6 Å². The van der Waals surface area contributed by atoms with Crippen molar-refractivity contribution in [2.75, 3.05) is 324 Å². The summed E-state index contributed by atoms with van der Waals surface area (Å²) in [6.45, 7) is 24.6. The molecule has 2 atom stereocenters. The smallest absolute Gasteiger partial charge is 0.306 e. The fraction of sp³-hybridized carbons (Fsp3) is 0.922. The number of Topliss-reactive ketones (excluding diaryl/α,β-unsaturated/α-hetero) is 2. The average Bonchev–Trinajstić information content (AvgIpc) is 0.867. The van der Waals surface area contributed by atoms with Crippen LogP contribution in [0, 0.1) is 17.8 Å². The topological polar surface area (TPSA) is 426 Å². The van der Waals surface area contributed by atoms with Crippen molar-refractivity contribution >= 4 is 41.3 Å². The molecule has 0 spiro atoms. The normalized spacial score (nSPS) is 14.0. The van der Waals surface area contributed by atoms with Crippen molar-refractivity contribution in [1.82, 2.24) is 10.6 Å². The van der Waals surface area contributed by atoms with Gasteiger partial charge < -0.3 is 140 Å². The summed E-state index contributed by atoms with van der Waals surface area (Å²) in [6, 6.07) is -1.07. The second-order valence-corrected chi connectivity index (χ2v) is 30.2. The zero-order chi connectivity index (χ0) is 90.9. The van der Waals surface area contributed by atoms with E-state index in [9.17, 15) is 43.8 Å². The molecule has 126 heavy (non-hydrogen) atoms. The predicted molar refractivity (Wildman–Crippen MR) is 468 cm³/mol. The minimum Gasteiger partial charge on any atom is -0.481 e. The van der Waals surface area contributed by atoms with Gasteiger partial charge in [0.2, 0.25) is 11.8 Å². The minimum atomic E-state index is -1.19. The number of hydrogen-bond acceptors (Lipinski definition) is 31. The highest BCUT2D eigenvalue weighted by atomic mass is 16.6. The van der Waals surface area contributed by atoms with E-state index in [4.69, 9.17) is 119 Å². The summed E-state index contributed by atoms with van der Waals surface area (Å²) in [5, 5.41) is 33.7. The number of nitrogens with one attached hydrogen (secondary N) is 2. The van der Waals surface area contributed by atoms with Gasteiger partial charge in [0.05, 0.1) is 316 Å². The Hall–Kier alpha value is -4.27. The number of ether oxygens (including phenoxy) is 24. The summed E-state index contributed by atoms with van der Waals surface area (Å²) < 4.78 is 132. The van der Waals surface area contributed by atoms with E-state index < -0.39 is 35.8 Å². The summed E-state index contributed by atoms with van der Waals surface area (Å²) in [5.41, 5.74) is 0. The number of aliphatic carboxylic acids is 3. The molecule has 0 aromatic rings. The molecular weight excluding hydrogens is 1650 g/mol. The Labute approximate surface area is 752 Å². The molecule has 0 bridgehead atoms. The van der Waals surface area contributed by atoms with Crippen LogP contribution in [0.25, 0.3) is 0 Å². The lowest BCUT2D eigenvalue weighted by Crippen LogP contribution is -2.41. The van der Waals surface area contributed by atoms with E-state index in [1.807, 2.05) is 6.92 Å². The van der Waals surface area contributed by atoms with Crippen LogP contribution in [0.4, 0.5) is 0 Å². The second-order valence-electron chi connectivity index (χ2n) is 30.2. The van der Waals surface area contributed by atoms with Gasteiger partial charge in [-0.15, -0.1) is 0 Å². The Morgan fingerprint density at radius 1 is 0.262 bits per heavy atom. The molecule has 1 rings (SSSR count). The molecule has 0 aromatic heterocycles. The highest BCUT2D eigenvalue weighted by Gasteiger charge is 2.31. The Balaban J connectivity index is 1.82. The van der Waals surface area contributed by atoms with E-state index in [2.05, 4.69) is 10.6 Å². The van der Waals surface area contributed by atoms with Gasteiger partial charge >= 0.3 is 17.9 Å². The molecule has 36 nitrogen and oxygen atoms in total. The van der Waals surface area contributed by atoms with Crippen molar-refractivity contribution in [3.05, 3.63) is 0 Å². The summed E-state index contributed by atoms with van der Waals surface area (Å²) in [6.07, 6.45) is 21.3. The third kappa shape index (κ3) is 90.3. The summed E-state index contributed by atoms with van der Waals surface area (Å²) in [5.74, 6) is -5.19. The first kappa shape index (κ1) is 120. The van der Waals surface area contributed by atoms with Gasteiger partial charge in [0.15, 0.2) is 5.78 Å². The van der Waals surface area contributed by atoms with Crippen molar-refractivity contribution in [2.45, 2.75) is 199 Å². The van der Waals surface area contributed by atoms with E-state index >= 15 is 0 Å². The van der Waals surface area contributed by atoms with Crippen LogP contribution in [0.5, 0.6) is 0 Å². The van der Waals surface area contributed by atoms with Gasteiger partial charge in [0, 0.05) is 64.2 Å². The van der Waals surface area contributed by atoms with Crippen molar-refractivity contribution in [1.29, 1.82) is 0 Å². The highest BCUT2D eigenvalue weighted by Crippen LogP contribution is 2.31. The molecule has 2 amide bonds. The fourth-order valence-corrected chi connectivity index (χ4v) is 12.7. The van der Waals surface area contributed by atoms with Crippen LogP contribution in [-0.2, 0) is 147 Å². The first-order chi connectivity index (χ1) is 61.9. The largest absolute Gasteiger partial charge is 0.481 e. The van der Waals surface area contributed by atoms with Crippen molar-refractivity contribution in [3.63, 3.8) is 0 Å². The second kappa shape index (κ2) is 98.2. The number of carboxylic acid groups (broad SMARTS) is 3. The Morgan fingerprint density at radius 2 is 0.508 bits per heavy atom. The summed E-state index contributed by atoms with van der Waals surface area (Å²) in [7, 11) is 0. The third-order valence-corrected chi connectivity index (χ3v) is 19.8. The van der Waals surface area contributed by atoms with Crippen molar-refractivity contribution in [3.8, 4) is 0 Å². The van der Waals surface area contributed by atoms with Gasteiger partial charge in [-0.05, 0) is 70.6 Å². The maximum absolute atomic E-state index is 13.3. The van der Waals surface area contributed by atoms with Gasteiger partial charge in [-0.3, -0.25) is 33.6 Å². The fourth-order valence-electron chi connectivity index (χ4n) is 12.7. The van der Waals surface area contributed by atoms with Gasteiger partial charge in [-0.2, -0.15) is 0 Å². The molecule has 1 aliphatic carbocycles. The number of carboxylic acids is 3. The van der Waals surface area contributed by atoms with E-state index in [0.29, 0.717) is 336 Å². The van der Waals surface area contributed by atoms with E-state index in [1.165, 1.54) is 64.2 Å². The van der Waals surface area contributed by atoms with Gasteiger partial charge in [-0.25, -0.2) is 0 Å². The van der Waals surface area contributed by atoms with Crippen LogP contribution in [0.15, 0.2) is 0 Å². The quantitative estimate of drug-likeness (QED) is 0.0356. The molecule has 0 unspecified atom stereocenters. The zero-order valence-electron chi connectivity index (χ0n) is 77.0. The Morgan fingerprint density at radius 3 is 0.762 bits per heavy atom. The lowest BCUT2D eigenvalue weighted by Gasteiger charge is -2.28. The van der Waals surface area contributed by atoms with Gasteiger partial charge in [0.1, 0.15) is 5.78 Å². The number of ketones is 2. The Kier molecular flexibility index (Phi) is 93.4. The molecule has 1 aliphatic rings. The van der Waals surface area contributed by atoms with Gasteiger partial charge in [-0.1, -0.05) is 89.9 Å². The highest BCUT2D eigenvalue weighted by molar-refractivity contribution is 5.90. The maximum atomic E-state index is 13.3. The van der Waals surface area contributed by atoms with Crippen LogP contribution in [0.1, 0.15) is 193 Å². The van der Waals surface area contributed by atoms with Crippen LogP contribution >= 0.6 is 0 Å². The first-order valence-electron chi connectivity index (χ1n) is 47.1. The number of hydrogen-bond donors (Lipinski definition) is 5. The van der Waals surface area contributed by atoms with E-state index in [0.717, 1.165) is 51.4 Å². The Bertz CT molecular complexity index is 2390. The van der Waals surface area contributed by atoms with E-state index in [-0.39, 0.29) is 87.5 Å². The van der Waals surface area contributed by atoms with Crippen molar-refractivity contribution < 1.29 is 163 Å². The van der Waals surface area contributed by atoms with Crippen molar-refractivity contribution in [2.24, 2.45) is 17.8 Å². The van der Waals surface area contributed by atoms with Gasteiger partial charge in [0.25, 0.3) is 0 Å². The zero-order valence-corrected chi connectivity index (χ0v) is 77.0. The summed E-state index contributed by atoms with van der Waals surface area (Å²) in [4.78, 5) is 86.4. The molecule has 1 fully saturated rings. The number of rotatable bonds is 107. The van der Waals surface area contributed by atoms with E-state index in [1.54, 1.807) is 0 Å². The number of amides is 2. The average molecular weight is 1820 g/mol. The lowest BCUT2D eigenvalue weighted by molar-refractivity contribution is -0.145. The van der Waals surface area contributed by atoms with Crippen LogP contribution in [0.2, 0.25) is 0 Å². The lowest BCUT2D eigenvalue weighted by atomic mass is 9.78. The SMILES string of the molecule is CCOCCOCCOCCOCCOCCOCCOCCOCCOCCOCCOCCOCCOCCOCCOCCOCCOCCOCCOCCOCCOCCOCCOCCOCCCC(=O)[C@H](CCC(=O)O)NC(=O)CC[C@H](CC(=O)C1CCC(CNC(=O)CCCCCCCCCCCCCCCCCCC(=O)O)CC1)C(=O)O. The minimum absolute atomic E-state index is 0.0272. The number of carbonyl (C=O) groups is 7. The monoisotopic (exact) mass is 1820 g/mol. The molecule has 1 saturated carbocycles. The molecule has 742 valence electrons. The molecule has 5 N–H and O–H groups in total. The molecule has 0 radical (unpaired) electrons. The first-order valence-corrected chi connectivity index (χ1v) is 47.1. The predicted octanol–water partition coefficient (Wildman–Crippen LogP) is 8.57. The standard InChI is InChI=1S/C90H168N2O34/c1-2-103-32-33-105-36-37-107-40-41-109-44-45-111-48-49-113-52-53-115-56-57-117-60-61-119-64-65-121-68-69-123-72-73-125-76-77-126-75-74-124-71-70-122-67-66-120-63-62-118-59-58-116-55-54-114-51-50-112-47-46-110-43-42-108-39-38-106-35-34-104-31-19-20-84(93)83(28-30-89(99)100)92-87(96)29-27-82(90(101)102)78-85(94)81-25-23-80(24-26-81)79-91-86(95)21-17-15-13-11-9-7-5-3-4-6-8-10-12-14-16-18-22-88(97)98/h80-83H,2-79H2,1H3,(H,91,95)(H,92,96)(H,97,98)(H,99,100)(H,101,102)/t80?,81?,82-,83+/m1/s1. The summed E-state index contributed by atoms with van der Waals surface area (Å²) >= 11 is 0. The molecule has 0 heterocycles. The van der Waals surface area contributed by atoms with Crippen LogP contribution in [0.3, 0.4) is 0 Å². The molecule has 0 saturated heterocycles. The third-order valence-electron chi connectivity index (χ3n) is 19.8. The number of unbranched alkanes of at least 4 members (excludes halogenated alkanes) is 15. The molecule has 36 heteroatoms. The maximum Gasteiger partial charge on any atom is 0.306 e. The molecular formula is C90H168N2O34.